The lowest BCUT2D eigenvalue weighted by Crippen LogP contribution is -2.34. The third-order valence-electron chi connectivity index (χ3n) is 4.30. The van der Waals surface area contributed by atoms with Crippen molar-refractivity contribution in [3.05, 3.63) is 76.0 Å². The van der Waals surface area contributed by atoms with Crippen molar-refractivity contribution in [3.8, 4) is 5.69 Å². The van der Waals surface area contributed by atoms with Gasteiger partial charge in [0, 0.05) is 31.4 Å². The minimum atomic E-state index is -0.448. The zero-order valence-corrected chi connectivity index (χ0v) is 15.1. The standard InChI is InChI=1S/C19H20FN5O2/c1-3-24-12-22-23-16(24)8-10-21-18(26)17-13(2)9-11-25(19(17)27)15-6-4-14(20)5-7-15/h4-7,9,11-12H,3,8,10H2,1-2H3,(H,21,26). The summed E-state index contributed by atoms with van der Waals surface area (Å²) in [5.41, 5.74) is 0.689. The Morgan fingerprint density at radius 3 is 2.67 bits per heavy atom. The number of carbonyl (C=O) groups excluding carboxylic acids is 1. The van der Waals surface area contributed by atoms with E-state index in [0.29, 0.717) is 24.2 Å². The maximum atomic E-state index is 13.1. The molecule has 0 saturated carbocycles. The topological polar surface area (TPSA) is 81.8 Å². The van der Waals surface area contributed by atoms with Crippen LogP contribution in [0, 0.1) is 12.7 Å². The van der Waals surface area contributed by atoms with Gasteiger partial charge in [-0.2, -0.15) is 0 Å². The summed E-state index contributed by atoms with van der Waals surface area (Å²) in [4.78, 5) is 25.4. The van der Waals surface area contributed by atoms with Crippen molar-refractivity contribution in [2.45, 2.75) is 26.8 Å². The second-order valence-corrected chi connectivity index (χ2v) is 6.06. The van der Waals surface area contributed by atoms with Crippen LogP contribution in [0.4, 0.5) is 4.39 Å². The van der Waals surface area contributed by atoms with E-state index in [2.05, 4.69) is 15.5 Å². The third-order valence-corrected chi connectivity index (χ3v) is 4.30. The summed E-state index contributed by atoms with van der Waals surface area (Å²) in [6, 6.07) is 7.21. The molecule has 0 radical (unpaired) electrons. The van der Waals surface area contributed by atoms with Crippen molar-refractivity contribution in [2.75, 3.05) is 6.54 Å². The second-order valence-electron chi connectivity index (χ2n) is 6.06. The molecule has 140 valence electrons. The molecule has 27 heavy (non-hydrogen) atoms. The van der Waals surface area contributed by atoms with Crippen LogP contribution in [0.2, 0.25) is 0 Å². The first kappa shape index (κ1) is 18.5. The molecule has 0 spiro atoms. The quantitative estimate of drug-likeness (QED) is 0.719. The molecule has 0 saturated heterocycles. The average Bonchev–Trinajstić information content (AvgIpc) is 3.10. The Morgan fingerprint density at radius 1 is 1.22 bits per heavy atom. The first-order valence-corrected chi connectivity index (χ1v) is 8.64. The number of pyridine rings is 1. The fraction of sp³-hybridized carbons (Fsp3) is 0.263. The number of aromatic nitrogens is 4. The molecule has 2 aromatic heterocycles. The van der Waals surface area contributed by atoms with Crippen LogP contribution in [0.5, 0.6) is 0 Å². The van der Waals surface area contributed by atoms with Crippen molar-refractivity contribution in [2.24, 2.45) is 0 Å². The summed E-state index contributed by atoms with van der Waals surface area (Å²) in [5, 5.41) is 10.6. The summed E-state index contributed by atoms with van der Waals surface area (Å²) < 4.78 is 16.3. The Balaban J connectivity index is 1.79. The van der Waals surface area contributed by atoms with E-state index in [9.17, 15) is 14.0 Å². The van der Waals surface area contributed by atoms with Crippen LogP contribution in [-0.2, 0) is 13.0 Å². The Morgan fingerprint density at radius 2 is 1.96 bits per heavy atom. The van der Waals surface area contributed by atoms with Crippen molar-refractivity contribution in [1.82, 2.24) is 24.6 Å². The molecular weight excluding hydrogens is 349 g/mol. The predicted octanol–water partition coefficient (Wildman–Crippen LogP) is 1.87. The van der Waals surface area contributed by atoms with Gasteiger partial charge in [-0.3, -0.25) is 14.2 Å². The van der Waals surface area contributed by atoms with Gasteiger partial charge >= 0.3 is 0 Å². The Kier molecular flexibility index (Phi) is 5.44. The molecule has 7 nitrogen and oxygen atoms in total. The van der Waals surface area contributed by atoms with Gasteiger partial charge in [0.2, 0.25) is 0 Å². The molecule has 0 atom stereocenters. The van der Waals surface area contributed by atoms with Gasteiger partial charge in [-0.1, -0.05) is 0 Å². The maximum absolute atomic E-state index is 13.1. The third kappa shape index (κ3) is 3.94. The molecule has 0 aliphatic carbocycles. The fourth-order valence-electron chi connectivity index (χ4n) is 2.82. The molecule has 0 aliphatic heterocycles. The van der Waals surface area contributed by atoms with Gasteiger partial charge in [0.05, 0.1) is 0 Å². The van der Waals surface area contributed by atoms with Crippen molar-refractivity contribution < 1.29 is 9.18 Å². The highest BCUT2D eigenvalue weighted by Gasteiger charge is 2.16. The number of aryl methyl sites for hydroxylation is 2. The number of carbonyl (C=O) groups is 1. The van der Waals surface area contributed by atoms with Crippen molar-refractivity contribution >= 4 is 5.91 Å². The van der Waals surface area contributed by atoms with E-state index in [1.807, 2.05) is 11.5 Å². The first-order chi connectivity index (χ1) is 13.0. The molecule has 2 heterocycles. The lowest BCUT2D eigenvalue weighted by atomic mass is 10.1. The number of hydrogen-bond donors (Lipinski definition) is 1. The van der Waals surface area contributed by atoms with Gasteiger partial charge in [0.1, 0.15) is 23.5 Å². The van der Waals surface area contributed by atoms with Gasteiger partial charge in [0.25, 0.3) is 11.5 Å². The number of benzene rings is 1. The van der Waals surface area contributed by atoms with Gasteiger partial charge in [0.15, 0.2) is 0 Å². The van der Waals surface area contributed by atoms with Gasteiger partial charge in [-0.25, -0.2) is 4.39 Å². The van der Waals surface area contributed by atoms with E-state index < -0.39 is 17.3 Å². The normalized spacial score (nSPS) is 10.8. The van der Waals surface area contributed by atoms with Crippen molar-refractivity contribution in [3.63, 3.8) is 0 Å². The number of rotatable bonds is 6. The van der Waals surface area contributed by atoms with Gasteiger partial charge in [-0.15, -0.1) is 10.2 Å². The molecule has 0 bridgehead atoms. The summed E-state index contributed by atoms with van der Waals surface area (Å²) >= 11 is 0. The zero-order valence-electron chi connectivity index (χ0n) is 15.1. The largest absolute Gasteiger partial charge is 0.351 e. The lowest BCUT2D eigenvalue weighted by molar-refractivity contribution is 0.0951. The molecule has 1 amide bonds. The number of amides is 1. The monoisotopic (exact) mass is 369 g/mol. The molecule has 0 aliphatic rings. The van der Waals surface area contributed by atoms with Crippen LogP contribution < -0.4 is 10.9 Å². The highest BCUT2D eigenvalue weighted by atomic mass is 19.1. The second kappa shape index (κ2) is 7.94. The van der Waals surface area contributed by atoms with E-state index in [0.717, 1.165) is 12.4 Å². The van der Waals surface area contributed by atoms with E-state index in [-0.39, 0.29) is 5.56 Å². The summed E-state index contributed by atoms with van der Waals surface area (Å²) in [6.07, 6.45) is 3.73. The lowest BCUT2D eigenvalue weighted by Gasteiger charge is -2.11. The van der Waals surface area contributed by atoms with E-state index in [1.54, 1.807) is 25.5 Å². The highest BCUT2D eigenvalue weighted by Crippen LogP contribution is 2.09. The summed E-state index contributed by atoms with van der Waals surface area (Å²) in [7, 11) is 0. The predicted molar refractivity (Wildman–Crippen MR) is 98.5 cm³/mol. The van der Waals surface area contributed by atoms with Crippen LogP contribution in [0.15, 0.2) is 47.7 Å². The number of hydrogen-bond acceptors (Lipinski definition) is 4. The molecule has 3 rings (SSSR count). The Bertz CT molecular complexity index is 1010. The minimum Gasteiger partial charge on any atom is -0.351 e. The highest BCUT2D eigenvalue weighted by molar-refractivity contribution is 5.95. The SMILES string of the molecule is CCn1cnnc1CCNC(=O)c1c(C)ccn(-c2ccc(F)cc2)c1=O. The fourth-order valence-corrected chi connectivity index (χ4v) is 2.82. The van der Waals surface area contributed by atoms with Crippen LogP contribution in [-0.4, -0.2) is 31.8 Å². The van der Waals surface area contributed by atoms with E-state index in [4.69, 9.17) is 0 Å². The number of nitrogens with zero attached hydrogens (tertiary/aromatic N) is 4. The van der Waals surface area contributed by atoms with Gasteiger partial charge in [-0.05, 0) is 49.7 Å². The number of nitrogens with one attached hydrogen (secondary N) is 1. The van der Waals surface area contributed by atoms with Crippen LogP contribution >= 0.6 is 0 Å². The maximum Gasteiger partial charge on any atom is 0.268 e. The summed E-state index contributed by atoms with van der Waals surface area (Å²) in [5.74, 6) is -0.0698. The first-order valence-electron chi connectivity index (χ1n) is 8.64. The Hall–Kier alpha value is -3.29. The smallest absolute Gasteiger partial charge is 0.268 e. The molecule has 1 N–H and O–H groups in total. The van der Waals surface area contributed by atoms with E-state index >= 15 is 0 Å². The molecular formula is C19H20FN5O2. The number of halogens is 1. The Labute approximate surface area is 155 Å². The zero-order chi connectivity index (χ0) is 19.4. The molecule has 1 aromatic carbocycles. The van der Waals surface area contributed by atoms with Crippen LogP contribution in [0.1, 0.15) is 28.7 Å². The van der Waals surface area contributed by atoms with Crippen molar-refractivity contribution in [1.29, 1.82) is 0 Å². The van der Waals surface area contributed by atoms with E-state index in [1.165, 1.54) is 28.8 Å². The molecule has 3 aromatic rings. The molecule has 0 unspecified atom stereocenters. The molecule has 0 fully saturated rings. The minimum absolute atomic E-state index is 0.0683. The molecule has 8 heteroatoms. The van der Waals surface area contributed by atoms with Gasteiger partial charge < -0.3 is 9.88 Å². The van der Waals surface area contributed by atoms with Crippen LogP contribution in [0.3, 0.4) is 0 Å². The average molecular weight is 369 g/mol. The van der Waals surface area contributed by atoms with Crippen LogP contribution in [0.25, 0.3) is 5.69 Å². The summed E-state index contributed by atoms with van der Waals surface area (Å²) in [6.45, 7) is 4.77.